The van der Waals surface area contributed by atoms with E-state index in [0.717, 1.165) is 5.56 Å². The summed E-state index contributed by atoms with van der Waals surface area (Å²) < 4.78 is 27.1. The molecule has 7 heteroatoms. The predicted octanol–water partition coefficient (Wildman–Crippen LogP) is 2.58. The third-order valence-corrected chi connectivity index (χ3v) is 5.92. The fourth-order valence-corrected chi connectivity index (χ4v) is 4.37. The highest BCUT2D eigenvalue weighted by Gasteiger charge is 2.29. The third kappa shape index (κ3) is 2.92. The summed E-state index contributed by atoms with van der Waals surface area (Å²) in [4.78, 5) is 11.5. The number of nitrogens with zero attached hydrogens (tertiary/aromatic N) is 1. The smallest absolute Gasteiger partial charge is 0.264 e. The average Bonchev–Trinajstić information content (AvgIpc) is 2.54. The molecule has 120 valence electrons. The number of halogens is 1. The maximum Gasteiger partial charge on any atom is 0.264 e. The van der Waals surface area contributed by atoms with Crippen molar-refractivity contribution >= 4 is 33.2 Å². The third-order valence-electron chi connectivity index (χ3n) is 3.84. The molecule has 2 N–H and O–H groups in total. The highest BCUT2D eigenvalue weighted by atomic mass is 35.5. The summed E-state index contributed by atoms with van der Waals surface area (Å²) in [5.41, 5.74) is 7.08. The monoisotopic (exact) mass is 350 g/mol. The van der Waals surface area contributed by atoms with Crippen molar-refractivity contribution in [2.24, 2.45) is 5.73 Å². The fraction of sp³-hybridized carbons (Fsp3) is 0.188. The summed E-state index contributed by atoms with van der Waals surface area (Å²) in [6.07, 6.45) is 1.39. The Balaban J connectivity index is 2.06. The summed E-state index contributed by atoms with van der Waals surface area (Å²) >= 11 is 5.82. The highest BCUT2D eigenvalue weighted by molar-refractivity contribution is 7.92. The lowest BCUT2D eigenvalue weighted by Gasteiger charge is -2.30. The van der Waals surface area contributed by atoms with Crippen LogP contribution in [0.2, 0.25) is 5.02 Å². The molecule has 1 heterocycles. The number of fused-ring (bicyclic) bond motifs is 1. The molecule has 0 aromatic heterocycles. The van der Waals surface area contributed by atoms with Gasteiger partial charge in [-0.3, -0.25) is 9.10 Å². The number of benzene rings is 2. The Hall–Kier alpha value is -2.05. The van der Waals surface area contributed by atoms with Gasteiger partial charge < -0.3 is 5.73 Å². The minimum absolute atomic E-state index is 0.189. The molecule has 0 spiro atoms. The SMILES string of the molecule is NC(=O)c1ccc2c(c1)CCCN2S(=O)(=O)c1ccc(Cl)cc1. The van der Waals surface area contributed by atoms with Crippen LogP contribution >= 0.6 is 11.6 Å². The Morgan fingerprint density at radius 2 is 1.83 bits per heavy atom. The van der Waals surface area contributed by atoms with Crippen LogP contribution in [0.15, 0.2) is 47.4 Å². The normalized spacial score (nSPS) is 14.4. The van der Waals surface area contributed by atoms with Gasteiger partial charge in [0.25, 0.3) is 10.0 Å². The number of hydrogen-bond acceptors (Lipinski definition) is 3. The minimum Gasteiger partial charge on any atom is -0.366 e. The summed E-state index contributed by atoms with van der Waals surface area (Å²) in [5.74, 6) is -0.523. The largest absolute Gasteiger partial charge is 0.366 e. The van der Waals surface area contributed by atoms with E-state index in [9.17, 15) is 13.2 Å². The molecule has 2 aromatic rings. The lowest BCUT2D eigenvalue weighted by molar-refractivity contribution is 0.1000. The number of nitrogens with two attached hydrogens (primary N) is 1. The van der Waals surface area contributed by atoms with Gasteiger partial charge in [0.05, 0.1) is 10.6 Å². The Kier molecular flexibility index (Phi) is 4.04. The number of rotatable bonds is 3. The van der Waals surface area contributed by atoms with Crippen LogP contribution in [-0.4, -0.2) is 20.9 Å². The predicted molar refractivity (Wildman–Crippen MR) is 89.3 cm³/mol. The van der Waals surface area contributed by atoms with Crippen LogP contribution < -0.4 is 10.0 Å². The maximum absolute atomic E-state index is 12.9. The first kappa shape index (κ1) is 15.8. The van der Waals surface area contributed by atoms with E-state index < -0.39 is 15.9 Å². The zero-order valence-electron chi connectivity index (χ0n) is 12.2. The molecule has 0 radical (unpaired) electrons. The molecule has 0 saturated heterocycles. The van der Waals surface area contributed by atoms with E-state index in [1.165, 1.54) is 16.4 Å². The van der Waals surface area contributed by atoms with E-state index in [1.54, 1.807) is 30.3 Å². The van der Waals surface area contributed by atoms with Gasteiger partial charge in [0.15, 0.2) is 0 Å². The van der Waals surface area contributed by atoms with Gasteiger partial charge in [-0.1, -0.05) is 11.6 Å². The number of hydrogen-bond donors (Lipinski definition) is 1. The molecular weight excluding hydrogens is 336 g/mol. The molecule has 23 heavy (non-hydrogen) atoms. The molecule has 0 bridgehead atoms. The van der Waals surface area contributed by atoms with Crippen molar-refractivity contribution in [3.8, 4) is 0 Å². The van der Waals surface area contributed by atoms with Gasteiger partial charge in [0.1, 0.15) is 0 Å². The topological polar surface area (TPSA) is 80.5 Å². The van der Waals surface area contributed by atoms with E-state index in [2.05, 4.69) is 0 Å². The van der Waals surface area contributed by atoms with Crippen molar-refractivity contribution in [1.82, 2.24) is 0 Å². The van der Waals surface area contributed by atoms with Gasteiger partial charge in [0.2, 0.25) is 5.91 Å². The van der Waals surface area contributed by atoms with Gasteiger partial charge >= 0.3 is 0 Å². The van der Waals surface area contributed by atoms with Gasteiger partial charge in [0, 0.05) is 17.1 Å². The van der Waals surface area contributed by atoms with Crippen LogP contribution in [-0.2, 0) is 16.4 Å². The first-order chi connectivity index (χ1) is 10.9. The van der Waals surface area contributed by atoms with Crippen molar-refractivity contribution in [2.75, 3.05) is 10.8 Å². The second kappa shape index (κ2) is 5.86. The summed E-state index contributed by atoms with van der Waals surface area (Å²) in [6, 6.07) is 10.9. The number of primary amides is 1. The van der Waals surface area contributed by atoms with Crippen LogP contribution in [0.4, 0.5) is 5.69 Å². The Morgan fingerprint density at radius 3 is 2.48 bits per heavy atom. The molecule has 0 saturated carbocycles. The van der Waals surface area contributed by atoms with Gasteiger partial charge in [-0.25, -0.2) is 8.42 Å². The van der Waals surface area contributed by atoms with Crippen LogP contribution in [0.3, 0.4) is 0 Å². The number of sulfonamides is 1. The molecule has 3 rings (SSSR count). The zero-order valence-corrected chi connectivity index (χ0v) is 13.8. The van der Waals surface area contributed by atoms with Crippen LogP contribution in [0.1, 0.15) is 22.3 Å². The Morgan fingerprint density at radius 1 is 1.13 bits per heavy atom. The molecule has 5 nitrogen and oxygen atoms in total. The molecule has 1 amide bonds. The molecule has 0 fully saturated rings. The average molecular weight is 351 g/mol. The first-order valence-corrected chi connectivity index (χ1v) is 8.92. The lowest BCUT2D eigenvalue weighted by Crippen LogP contribution is -2.35. The summed E-state index contributed by atoms with van der Waals surface area (Å²) in [7, 11) is -3.67. The second-order valence-electron chi connectivity index (χ2n) is 5.34. The Labute approximate surface area is 139 Å². The molecule has 0 atom stereocenters. The van der Waals surface area contributed by atoms with E-state index in [0.29, 0.717) is 35.7 Å². The number of carbonyl (C=O) groups is 1. The van der Waals surface area contributed by atoms with Crippen molar-refractivity contribution in [3.63, 3.8) is 0 Å². The maximum atomic E-state index is 12.9. The molecule has 0 unspecified atom stereocenters. The molecule has 1 aliphatic heterocycles. The van der Waals surface area contributed by atoms with E-state index in [1.807, 2.05) is 0 Å². The summed E-state index contributed by atoms with van der Waals surface area (Å²) in [5, 5.41) is 0.481. The van der Waals surface area contributed by atoms with E-state index >= 15 is 0 Å². The van der Waals surface area contributed by atoms with Crippen molar-refractivity contribution in [3.05, 3.63) is 58.6 Å². The number of amides is 1. The van der Waals surface area contributed by atoms with E-state index in [4.69, 9.17) is 17.3 Å². The van der Waals surface area contributed by atoms with Crippen LogP contribution in [0.25, 0.3) is 0 Å². The Bertz CT molecular complexity index is 863. The molecule has 1 aliphatic rings. The number of aryl methyl sites for hydroxylation is 1. The number of anilines is 1. The highest BCUT2D eigenvalue weighted by Crippen LogP contribution is 2.32. The number of carbonyl (C=O) groups excluding carboxylic acids is 1. The van der Waals surface area contributed by atoms with Gasteiger partial charge in [-0.05, 0) is 60.9 Å². The second-order valence-corrected chi connectivity index (χ2v) is 7.64. The van der Waals surface area contributed by atoms with E-state index in [-0.39, 0.29) is 4.90 Å². The molecule has 2 aromatic carbocycles. The van der Waals surface area contributed by atoms with Crippen molar-refractivity contribution in [2.45, 2.75) is 17.7 Å². The lowest BCUT2D eigenvalue weighted by atomic mass is 10.0. The van der Waals surface area contributed by atoms with Crippen LogP contribution in [0.5, 0.6) is 0 Å². The van der Waals surface area contributed by atoms with Gasteiger partial charge in [-0.2, -0.15) is 0 Å². The summed E-state index contributed by atoms with van der Waals surface area (Å²) in [6.45, 7) is 0.397. The molecule has 0 aliphatic carbocycles. The molecular formula is C16H15ClN2O3S. The van der Waals surface area contributed by atoms with Crippen molar-refractivity contribution in [1.29, 1.82) is 0 Å². The van der Waals surface area contributed by atoms with Gasteiger partial charge in [-0.15, -0.1) is 0 Å². The standard InChI is InChI=1S/C16H15ClN2O3S/c17-13-4-6-14(7-5-13)23(21,22)19-9-1-2-11-10-12(16(18)20)3-8-15(11)19/h3-8,10H,1-2,9H2,(H2,18,20). The minimum atomic E-state index is -3.67. The fourth-order valence-electron chi connectivity index (χ4n) is 2.70. The quantitative estimate of drug-likeness (QED) is 0.923. The van der Waals surface area contributed by atoms with Crippen LogP contribution in [0, 0.1) is 0 Å². The van der Waals surface area contributed by atoms with Crippen molar-refractivity contribution < 1.29 is 13.2 Å². The zero-order chi connectivity index (χ0) is 16.6. The first-order valence-electron chi connectivity index (χ1n) is 7.10.